The fraction of sp³-hybridized carbons (Fsp3) is 0.105. The number of carboxylic acids is 1. The van der Waals surface area contributed by atoms with Crippen molar-refractivity contribution in [2.75, 3.05) is 5.43 Å². The highest BCUT2D eigenvalue weighted by molar-refractivity contribution is 7.14. The molecule has 0 atom stereocenters. The number of hydrazone groups is 1. The molecule has 0 aliphatic heterocycles. The Morgan fingerprint density at radius 2 is 1.83 bits per heavy atom. The van der Waals surface area contributed by atoms with E-state index in [0.29, 0.717) is 26.4 Å². The number of hydrogen-bond acceptors (Lipinski definition) is 5. The van der Waals surface area contributed by atoms with E-state index in [-0.39, 0.29) is 12.1 Å². The van der Waals surface area contributed by atoms with Crippen molar-refractivity contribution >= 4 is 51.4 Å². The second-order valence-corrected chi connectivity index (χ2v) is 7.69. The number of nitrogens with one attached hydrogen (secondary N) is 1. The zero-order valence-corrected chi connectivity index (χ0v) is 17.2. The number of thiazole rings is 1. The molecule has 30 heavy (non-hydrogen) atoms. The summed E-state index contributed by atoms with van der Waals surface area (Å²) in [4.78, 5) is 15.8. The van der Waals surface area contributed by atoms with Gasteiger partial charge in [-0.05, 0) is 29.8 Å². The first kappa shape index (κ1) is 22.1. The fourth-order valence-electron chi connectivity index (χ4n) is 2.40. The number of benzene rings is 2. The smallest absolute Gasteiger partial charge is 0.416 e. The van der Waals surface area contributed by atoms with Crippen LogP contribution in [-0.4, -0.2) is 21.8 Å². The van der Waals surface area contributed by atoms with E-state index < -0.39 is 17.7 Å². The highest BCUT2D eigenvalue weighted by Gasteiger charge is 2.30. The fourth-order valence-corrected chi connectivity index (χ4v) is 3.36. The van der Waals surface area contributed by atoms with Gasteiger partial charge in [-0.15, -0.1) is 11.3 Å². The Labute approximate surface area is 182 Å². The van der Waals surface area contributed by atoms with Crippen LogP contribution in [0.4, 0.5) is 18.3 Å². The summed E-state index contributed by atoms with van der Waals surface area (Å²) in [5, 5.41) is 16.0. The second kappa shape index (κ2) is 9.03. The van der Waals surface area contributed by atoms with Gasteiger partial charge in [-0.2, -0.15) is 18.3 Å². The van der Waals surface area contributed by atoms with E-state index >= 15 is 0 Å². The van der Waals surface area contributed by atoms with Crippen molar-refractivity contribution in [3.63, 3.8) is 0 Å². The Morgan fingerprint density at radius 3 is 2.43 bits per heavy atom. The van der Waals surface area contributed by atoms with Gasteiger partial charge in [-0.1, -0.05) is 41.4 Å². The third-order valence-corrected chi connectivity index (χ3v) is 5.39. The maximum atomic E-state index is 12.6. The molecule has 3 aromatic rings. The number of alkyl halides is 3. The van der Waals surface area contributed by atoms with Gasteiger partial charge in [0.1, 0.15) is 5.71 Å². The van der Waals surface area contributed by atoms with Crippen LogP contribution in [-0.2, 0) is 17.4 Å². The Kier molecular flexibility index (Phi) is 6.64. The van der Waals surface area contributed by atoms with Crippen LogP contribution in [0.5, 0.6) is 0 Å². The first-order valence-electron chi connectivity index (χ1n) is 8.26. The molecule has 2 aromatic carbocycles. The van der Waals surface area contributed by atoms with Crippen LogP contribution >= 0.6 is 34.5 Å². The average Bonchev–Trinajstić information content (AvgIpc) is 3.15. The standard InChI is InChI=1S/C19H12Cl2F3N3O2S/c20-13-6-3-11(8-14(13)21)16-9-30-18(25-16)27-26-15(17(28)29)7-10-1-4-12(5-2-10)19(22,23)24/h1-6,8-9H,7H2,(H,25,27)(H,28,29)/b26-15-. The van der Waals surface area contributed by atoms with Gasteiger partial charge in [0.15, 0.2) is 0 Å². The largest absolute Gasteiger partial charge is 0.477 e. The number of hydrogen-bond donors (Lipinski definition) is 2. The van der Waals surface area contributed by atoms with Gasteiger partial charge >= 0.3 is 12.1 Å². The summed E-state index contributed by atoms with van der Waals surface area (Å²) in [5.41, 5.74) is 3.18. The minimum absolute atomic E-state index is 0.161. The Balaban J connectivity index is 1.73. The van der Waals surface area contributed by atoms with E-state index in [1.807, 2.05) is 0 Å². The first-order chi connectivity index (χ1) is 14.1. The molecule has 0 unspecified atom stereocenters. The molecular formula is C19H12Cl2F3N3O2S. The molecule has 0 aliphatic carbocycles. The molecule has 5 nitrogen and oxygen atoms in total. The molecule has 0 spiro atoms. The summed E-state index contributed by atoms with van der Waals surface area (Å²) in [6, 6.07) is 9.25. The number of halogens is 5. The van der Waals surface area contributed by atoms with Crippen LogP contribution in [0, 0.1) is 0 Å². The van der Waals surface area contributed by atoms with Gasteiger partial charge in [0.25, 0.3) is 0 Å². The predicted octanol–water partition coefficient (Wildman–Crippen LogP) is 6.23. The summed E-state index contributed by atoms with van der Waals surface area (Å²) >= 11 is 13.1. The zero-order chi connectivity index (χ0) is 21.9. The van der Waals surface area contributed by atoms with Gasteiger partial charge in [0.2, 0.25) is 5.13 Å². The van der Waals surface area contributed by atoms with Crippen molar-refractivity contribution in [2.45, 2.75) is 12.6 Å². The molecule has 0 fully saturated rings. The quantitative estimate of drug-likeness (QED) is 0.328. The first-order valence-corrected chi connectivity index (χ1v) is 9.90. The molecule has 0 amide bonds. The van der Waals surface area contributed by atoms with Crippen molar-refractivity contribution < 1.29 is 23.1 Å². The number of carboxylic acid groups (broad SMARTS) is 1. The van der Waals surface area contributed by atoms with Crippen LogP contribution in [0.2, 0.25) is 10.0 Å². The average molecular weight is 474 g/mol. The molecule has 0 saturated heterocycles. The maximum Gasteiger partial charge on any atom is 0.416 e. The molecule has 1 aromatic heterocycles. The Hall–Kier alpha value is -2.62. The van der Waals surface area contributed by atoms with Crippen LogP contribution < -0.4 is 5.43 Å². The SMILES string of the molecule is O=C(O)/C(Cc1ccc(C(F)(F)F)cc1)=N\Nc1nc(-c2ccc(Cl)c(Cl)c2)cs1. The van der Waals surface area contributed by atoms with Crippen LogP contribution in [0.1, 0.15) is 11.1 Å². The molecule has 3 rings (SSSR count). The number of rotatable bonds is 6. The lowest BCUT2D eigenvalue weighted by atomic mass is 10.1. The van der Waals surface area contributed by atoms with E-state index in [2.05, 4.69) is 15.5 Å². The minimum atomic E-state index is -4.46. The number of aliphatic carboxylic acids is 1. The predicted molar refractivity (Wildman–Crippen MR) is 111 cm³/mol. The van der Waals surface area contributed by atoms with Crippen molar-refractivity contribution in [3.8, 4) is 11.3 Å². The van der Waals surface area contributed by atoms with Crippen LogP contribution in [0.3, 0.4) is 0 Å². The number of anilines is 1. The third kappa shape index (κ3) is 5.50. The normalized spacial score (nSPS) is 12.1. The maximum absolute atomic E-state index is 12.6. The molecule has 0 saturated carbocycles. The van der Waals surface area contributed by atoms with Gasteiger partial charge in [0.05, 0.1) is 21.3 Å². The Bertz CT molecular complexity index is 1100. The summed E-state index contributed by atoms with van der Waals surface area (Å²) < 4.78 is 37.9. The summed E-state index contributed by atoms with van der Waals surface area (Å²) in [6.07, 6.45) is -4.62. The van der Waals surface area contributed by atoms with Gasteiger partial charge in [0, 0.05) is 17.4 Å². The zero-order valence-electron chi connectivity index (χ0n) is 14.9. The van der Waals surface area contributed by atoms with Crippen molar-refractivity contribution in [1.82, 2.24) is 4.98 Å². The molecule has 156 valence electrons. The van der Waals surface area contributed by atoms with Crippen molar-refractivity contribution in [2.24, 2.45) is 5.10 Å². The summed E-state index contributed by atoms with van der Waals surface area (Å²) in [7, 11) is 0. The molecule has 0 bridgehead atoms. The topological polar surface area (TPSA) is 74.6 Å². The molecule has 0 aliphatic rings. The third-order valence-electron chi connectivity index (χ3n) is 3.91. The van der Waals surface area contributed by atoms with E-state index in [4.69, 9.17) is 23.2 Å². The van der Waals surface area contributed by atoms with E-state index in [1.165, 1.54) is 23.5 Å². The Morgan fingerprint density at radius 1 is 1.13 bits per heavy atom. The van der Waals surface area contributed by atoms with Crippen molar-refractivity contribution in [1.29, 1.82) is 0 Å². The van der Waals surface area contributed by atoms with Crippen LogP contribution in [0.15, 0.2) is 52.9 Å². The lowest BCUT2D eigenvalue weighted by Gasteiger charge is -2.07. The van der Waals surface area contributed by atoms with Gasteiger partial charge in [-0.25, -0.2) is 9.78 Å². The number of carbonyl (C=O) groups is 1. The highest BCUT2D eigenvalue weighted by atomic mass is 35.5. The van der Waals surface area contributed by atoms with Gasteiger partial charge in [-0.3, -0.25) is 5.43 Å². The highest BCUT2D eigenvalue weighted by Crippen LogP contribution is 2.31. The van der Waals surface area contributed by atoms with E-state index in [1.54, 1.807) is 23.6 Å². The molecule has 1 heterocycles. The van der Waals surface area contributed by atoms with E-state index in [0.717, 1.165) is 17.7 Å². The second-order valence-electron chi connectivity index (χ2n) is 6.01. The number of aromatic nitrogens is 1. The molecule has 11 heteroatoms. The lowest BCUT2D eigenvalue weighted by molar-refractivity contribution is -0.137. The minimum Gasteiger partial charge on any atom is -0.477 e. The van der Waals surface area contributed by atoms with E-state index in [9.17, 15) is 23.1 Å². The van der Waals surface area contributed by atoms with Crippen molar-refractivity contribution in [3.05, 3.63) is 69.0 Å². The lowest BCUT2D eigenvalue weighted by Crippen LogP contribution is -2.18. The number of nitrogens with zero attached hydrogens (tertiary/aromatic N) is 2. The molecule has 2 N–H and O–H groups in total. The molecule has 0 radical (unpaired) electrons. The summed E-state index contributed by atoms with van der Waals surface area (Å²) in [5.74, 6) is -1.30. The molecular weight excluding hydrogens is 462 g/mol. The van der Waals surface area contributed by atoms with Gasteiger partial charge < -0.3 is 5.11 Å². The monoisotopic (exact) mass is 473 g/mol. The van der Waals surface area contributed by atoms with Crippen LogP contribution in [0.25, 0.3) is 11.3 Å². The summed E-state index contributed by atoms with van der Waals surface area (Å²) in [6.45, 7) is 0.